The summed E-state index contributed by atoms with van der Waals surface area (Å²) in [4.78, 5) is 0. The third-order valence-corrected chi connectivity index (χ3v) is 2.34. The van der Waals surface area contributed by atoms with E-state index in [0.29, 0.717) is 27.1 Å². The van der Waals surface area contributed by atoms with Crippen LogP contribution in [0.5, 0.6) is 0 Å². The molecule has 0 aliphatic carbocycles. The summed E-state index contributed by atoms with van der Waals surface area (Å²) < 4.78 is 19.7. The number of terminal acetylenes is 1. The largest absolute Gasteiger partial charge is 0.400 e. The van der Waals surface area contributed by atoms with Gasteiger partial charge in [0.25, 0.3) is 0 Å². The van der Waals surface area contributed by atoms with Gasteiger partial charge < -0.3 is 5.11 Å². The minimum Gasteiger partial charge on any atom is -0.400 e. The first kappa shape index (κ1) is 40.3. The van der Waals surface area contributed by atoms with Gasteiger partial charge >= 0.3 is 105 Å². The van der Waals surface area contributed by atoms with Crippen LogP contribution in [0.3, 0.4) is 0 Å². The van der Waals surface area contributed by atoms with E-state index in [1.165, 1.54) is 0 Å². The first-order valence-electron chi connectivity index (χ1n) is 9.97. The Morgan fingerprint density at radius 3 is 1.33 bits per heavy atom. The molecule has 0 heterocycles. The smallest absolute Gasteiger partial charge is 0.0319 e. The molecule has 0 radical (unpaired) electrons. The number of aliphatic hydroxyl groups is 1. The van der Waals surface area contributed by atoms with Crippen LogP contribution < -0.4 is 0 Å². The van der Waals surface area contributed by atoms with Gasteiger partial charge in [-0.1, -0.05) is 34.6 Å². The first-order chi connectivity index (χ1) is 13.0. The van der Waals surface area contributed by atoms with E-state index in [9.17, 15) is 9.41 Å². The van der Waals surface area contributed by atoms with Crippen molar-refractivity contribution in [3.8, 4) is 12.3 Å². The average molecular weight is 382 g/mol. The topological polar surface area (TPSA) is 102 Å². The van der Waals surface area contributed by atoms with Crippen LogP contribution in [0.2, 0.25) is 0 Å². The summed E-state index contributed by atoms with van der Waals surface area (Å²) in [6.45, 7) is 14.1. The molecule has 0 bridgehead atoms. The quantitative estimate of drug-likeness (QED) is 0.213. The molecule has 0 saturated heterocycles. The van der Waals surface area contributed by atoms with Crippen LogP contribution in [0.1, 0.15) is 99.8 Å². The van der Waals surface area contributed by atoms with Gasteiger partial charge in [0.1, 0.15) is 0 Å². The maximum Gasteiger partial charge on any atom is 0.0319 e. The summed E-state index contributed by atoms with van der Waals surface area (Å²) in [5, 5.41) is 20.8. The van der Waals surface area contributed by atoms with Crippen molar-refractivity contribution >= 4 is 25.5 Å². The fourth-order valence-electron chi connectivity index (χ4n) is 1.05. The van der Waals surface area contributed by atoms with E-state index in [0.717, 1.165) is 45.6 Å². The Kier molecular flexibility index (Phi) is 84.1. The fraction of sp³-hybridized carbons (Fsp3) is 0.800. The predicted octanol–water partition coefficient (Wildman–Crippen LogP) is 5.49. The number of nitrogens with one attached hydrogen (secondary N) is 2. The van der Waals surface area contributed by atoms with Crippen LogP contribution in [-0.4, -0.2) is 37.7 Å². The minimum atomic E-state index is 0.215. The van der Waals surface area contributed by atoms with Gasteiger partial charge in [0.05, 0.1) is 0 Å². The second-order valence-electron chi connectivity index (χ2n) is 4.40. The monoisotopic (exact) mass is 382 g/mol. The second-order valence-corrected chi connectivity index (χ2v) is 4.40. The molecular formula is C20H44B2N2O3. The number of unbranched alkanes of at least 4 members (excludes halogenated alkanes) is 3. The summed E-state index contributed by atoms with van der Waals surface area (Å²) in [5.41, 5.74) is 0.440. The van der Waals surface area contributed by atoms with Gasteiger partial charge in [-0.2, -0.15) is 0 Å². The second kappa shape index (κ2) is 56.3. The molecule has 0 atom stereocenters. The molecule has 0 saturated carbocycles. The SMILES string of the molecule is C#CCC.CC.CC.CCCCC(=N)B=O.CCCCCC(=N)B=O.CO. The number of rotatable bonds is 9. The van der Waals surface area contributed by atoms with E-state index >= 15 is 0 Å². The molecule has 0 aromatic heterocycles. The summed E-state index contributed by atoms with van der Waals surface area (Å²) in [5.74, 6) is 2.43. The average Bonchev–Trinajstić information content (AvgIpc) is 2.76. The van der Waals surface area contributed by atoms with Crippen LogP contribution in [0, 0.1) is 23.2 Å². The van der Waals surface area contributed by atoms with Gasteiger partial charge in [-0.25, -0.2) is 0 Å². The zero-order valence-corrected chi connectivity index (χ0v) is 19.2. The van der Waals surface area contributed by atoms with Crippen molar-refractivity contribution in [2.24, 2.45) is 0 Å². The summed E-state index contributed by atoms with van der Waals surface area (Å²) in [7, 11) is 2.23. The molecule has 27 heavy (non-hydrogen) atoms. The van der Waals surface area contributed by atoms with Crippen molar-refractivity contribution in [3.05, 3.63) is 0 Å². The van der Waals surface area contributed by atoms with E-state index in [2.05, 4.69) is 12.8 Å². The van der Waals surface area contributed by atoms with Crippen LogP contribution >= 0.6 is 0 Å². The molecule has 158 valence electrons. The Morgan fingerprint density at radius 2 is 1.11 bits per heavy atom. The van der Waals surface area contributed by atoms with E-state index in [1.807, 2.05) is 41.5 Å². The van der Waals surface area contributed by atoms with Crippen molar-refractivity contribution in [3.63, 3.8) is 0 Å². The molecule has 0 rings (SSSR count). The van der Waals surface area contributed by atoms with Gasteiger partial charge in [-0.15, -0.1) is 12.3 Å². The zero-order chi connectivity index (χ0) is 22.9. The maximum absolute atomic E-state index is 9.87. The zero-order valence-electron chi connectivity index (χ0n) is 19.2. The normalized spacial score (nSPS) is 6.67. The molecule has 0 aliphatic heterocycles. The van der Waals surface area contributed by atoms with Gasteiger partial charge in [-0.05, 0) is 0 Å². The Morgan fingerprint density at radius 1 is 0.815 bits per heavy atom. The summed E-state index contributed by atoms with van der Waals surface area (Å²) in [6.07, 6.45) is 12.2. The molecule has 7 heteroatoms. The minimum absolute atomic E-state index is 0.215. The van der Waals surface area contributed by atoms with Crippen molar-refractivity contribution in [2.45, 2.75) is 99.8 Å². The van der Waals surface area contributed by atoms with E-state index in [1.54, 1.807) is 0 Å². The van der Waals surface area contributed by atoms with Gasteiger partial charge in [-0.3, -0.25) is 0 Å². The maximum atomic E-state index is 9.87. The van der Waals surface area contributed by atoms with Crippen LogP contribution in [0.25, 0.3) is 0 Å². The molecule has 0 aromatic carbocycles. The molecule has 3 N–H and O–H groups in total. The molecule has 0 spiro atoms. The third-order valence-electron chi connectivity index (χ3n) is 2.34. The molecular weight excluding hydrogens is 338 g/mol. The number of hydrogen-bond acceptors (Lipinski definition) is 5. The molecule has 0 amide bonds. The van der Waals surface area contributed by atoms with Crippen molar-refractivity contribution in [1.82, 2.24) is 0 Å². The van der Waals surface area contributed by atoms with Crippen LogP contribution in [0.4, 0.5) is 0 Å². The van der Waals surface area contributed by atoms with Crippen molar-refractivity contribution < 1.29 is 14.5 Å². The third kappa shape index (κ3) is 79.2. The standard InChI is InChI=1S/C6H12BNO.C5H10BNO.C4H6.2C2H6.CH4O/c1-2-3-4-5-6(8)7-9;1-2-3-4-5(7)6-8;1-3-4-2;3*1-2/h8H,2-5H2,1H3;7H,2-4H2,1H3;1H,4H2,2H3;2*1-2H3;2H,1H3. The van der Waals surface area contributed by atoms with Gasteiger partial charge in [0, 0.05) is 13.5 Å². The van der Waals surface area contributed by atoms with Crippen LogP contribution in [0.15, 0.2) is 0 Å². The predicted molar refractivity (Wildman–Crippen MR) is 122 cm³/mol. The molecule has 0 fully saturated rings. The Balaban J connectivity index is -0.0000000558. The van der Waals surface area contributed by atoms with E-state index < -0.39 is 0 Å². The molecule has 5 nitrogen and oxygen atoms in total. The molecule has 0 aromatic rings. The first-order valence-corrected chi connectivity index (χ1v) is 9.97. The summed E-state index contributed by atoms with van der Waals surface area (Å²) in [6, 6.07) is 0. The van der Waals surface area contributed by atoms with Gasteiger partial charge in [0.15, 0.2) is 0 Å². The Hall–Kier alpha value is -1.41. The van der Waals surface area contributed by atoms with Crippen molar-refractivity contribution in [1.29, 1.82) is 10.8 Å². The van der Waals surface area contributed by atoms with Gasteiger partial charge in [0.2, 0.25) is 0 Å². The number of aliphatic hydroxyl groups excluding tert-OH is 1. The summed E-state index contributed by atoms with van der Waals surface area (Å²) >= 11 is 0. The molecule has 0 unspecified atom stereocenters. The van der Waals surface area contributed by atoms with Crippen molar-refractivity contribution in [2.75, 3.05) is 7.11 Å². The van der Waals surface area contributed by atoms with E-state index in [-0.39, 0.29) is 11.2 Å². The molecule has 0 aliphatic rings. The Bertz CT molecular complexity index is 332. The fourth-order valence-corrected chi connectivity index (χ4v) is 1.05. The Labute approximate surface area is 170 Å². The van der Waals surface area contributed by atoms with Crippen LogP contribution in [-0.2, 0) is 9.41 Å². The van der Waals surface area contributed by atoms with E-state index in [4.69, 9.17) is 22.3 Å². The number of hydrogen-bond donors (Lipinski definition) is 3.